The Kier molecular flexibility index (Phi) is 4.13. The van der Waals surface area contributed by atoms with Crippen molar-refractivity contribution in [2.75, 3.05) is 5.32 Å². The summed E-state index contributed by atoms with van der Waals surface area (Å²) in [5.41, 5.74) is 7.64. The predicted molar refractivity (Wildman–Crippen MR) is 72.7 cm³/mol. The number of amides is 1. The summed E-state index contributed by atoms with van der Waals surface area (Å²) < 4.78 is 1.52. The summed E-state index contributed by atoms with van der Waals surface area (Å²) in [4.78, 5) is 11.9. The molecular weight excluding hydrogens is 266 g/mol. The van der Waals surface area contributed by atoms with Gasteiger partial charge < -0.3 is 11.1 Å². The number of carbonyl (C=O) groups is 1. The average Bonchev–Trinajstić information content (AvgIpc) is 2.70. The van der Waals surface area contributed by atoms with Crippen molar-refractivity contribution >= 4 is 23.2 Å². The molecule has 1 aromatic heterocycles. The quantitative estimate of drug-likeness (QED) is 0.884. The molecule has 3 N–H and O–H groups in total. The standard InChI is InChI=1S/C12H14ClN5O/c1-8-11(6-14)16-17-18(8)7-12(19)15-10-4-2-3-9(13)5-10/h2-5H,6-7,14H2,1H3,(H,15,19). The van der Waals surface area contributed by atoms with E-state index >= 15 is 0 Å². The highest BCUT2D eigenvalue weighted by atomic mass is 35.5. The van der Waals surface area contributed by atoms with E-state index in [1.807, 2.05) is 6.92 Å². The van der Waals surface area contributed by atoms with E-state index in [1.54, 1.807) is 24.3 Å². The molecule has 2 rings (SSSR count). The number of benzene rings is 1. The molecule has 1 amide bonds. The number of nitrogens with one attached hydrogen (secondary N) is 1. The molecule has 6 nitrogen and oxygen atoms in total. The number of halogens is 1. The summed E-state index contributed by atoms with van der Waals surface area (Å²) in [6, 6.07) is 6.96. The summed E-state index contributed by atoms with van der Waals surface area (Å²) in [7, 11) is 0. The van der Waals surface area contributed by atoms with Crippen LogP contribution in [-0.4, -0.2) is 20.9 Å². The Morgan fingerprint density at radius 1 is 1.53 bits per heavy atom. The van der Waals surface area contributed by atoms with Gasteiger partial charge in [0.05, 0.1) is 11.4 Å². The zero-order valence-corrected chi connectivity index (χ0v) is 11.2. The number of nitrogens with zero attached hydrogens (tertiary/aromatic N) is 3. The SMILES string of the molecule is Cc1c(CN)nnn1CC(=O)Nc1cccc(Cl)c1. The average molecular weight is 280 g/mol. The molecule has 0 bridgehead atoms. The number of hydrogen-bond acceptors (Lipinski definition) is 4. The maximum atomic E-state index is 11.9. The van der Waals surface area contributed by atoms with Crippen LogP contribution in [0.4, 0.5) is 5.69 Å². The Hall–Kier alpha value is -1.92. The molecule has 2 aromatic rings. The van der Waals surface area contributed by atoms with Crippen LogP contribution in [0.15, 0.2) is 24.3 Å². The van der Waals surface area contributed by atoms with Crippen molar-refractivity contribution in [3.63, 3.8) is 0 Å². The van der Waals surface area contributed by atoms with E-state index in [9.17, 15) is 4.79 Å². The summed E-state index contributed by atoms with van der Waals surface area (Å²) in [5, 5.41) is 11.1. The van der Waals surface area contributed by atoms with Crippen LogP contribution in [-0.2, 0) is 17.9 Å². The molecule has 1 heterocycles. The molecule has 0 unspecified atom stereocenters. The van der Waals surface area contributed by atoms with Crippen LogP contribution >= 0.6 is 11.6 Å². The first-order valence-corrected chi connectivity index (χ1v) is 6.12. The lowest BCUT2D eigenvalue weighted by Gasteiger charge is -2.06. The van der Waals surface area contributed by atoms with Gasteiger partial charge in [-0.1, -0.05) is 22.9 Å². The number of anilines is 1. The number of carbonyl (C=O) groups excluding carboxylic acids is 1. The molecule has 0 saturated carbocycles. The fourth-order valence-corrected chi connectivity index (χ4v) is 1.83. The first-order valence-electron chi connectivity index (χ1n) is 5.74. The minimum absolute atomic E-state index is 0.0886. The van der Waals surface area contributed by atoms with Crippen molar-refractivity contribution < 1.29 is 4.79 Å². The lowest BCUT2D eigenvalue weighted by Crippen LogP contribution is -2.20. The van der Waals surface area contributed by atoms with Crippen LogP contribution in [0, 0.1) is 6.92 Å². The molecule has 0 atom stereocenters. The zero-order valence-electron chi connectivity index (χ0n) is 10.4. The molecule has 0 spiro atoms. The van der Waals surface area contributed by atoms with Gasteiger partial charge in [-0.05, 0) is 25.1 Å². The maximum absolute atomic E-state index is 11.9. The molecule has 100 valence electrons. The highest BCUT2D eigenvalue weighted by Gasteiger charge is 2.10. The van der Waals surface area contributed by atoms with Gasteiger partial charge in [-0.3, -0.25) is 4.79 Å². The Bertz CT molecular complexity index is 596. The molecule has 7 heteroatoms. The normalized spacial score (nSPS) is 10.5. The van der Waals surface area contributed by atoms with Crippen molar-refractivity contribution in [1.82, 2.24) is 15.0 Å². The van der Waals surface area contributed by atoms with Crippen molar-refractivity contribution in [2.45, 2.75) is 20.0 Å². The Morgan fingerprint density at radius 2 is 2.32 bits per heavy atom. The Labute approximate surface area is 115 Å². The lowest BCUT2D eigenvalue weighted by molar-refractivity contribution is -0.117. The fraction of sp³-hybridized carbons (Fsp3) is 0.250. The van der Waals surface area contributed by atoms with Crippen LogP contribution in [0.3, 0.4) is 0 Å². The number of rotatable bonds is 4. The van der Waals surface area contributed by atoms with Crippen LogP contribution in [0.2, 0.25) is 5.02 Å². The second kappa shape index (κ2) is 5.81. The van der Waals surface area contributed by atoms with Gasteiger partial charge in [0.2, 0.25) is 5.91 Å². The molecule has 0 aliphatic rings. The van der Waals surface area contributed by atoms with E-state index < -0.39 is 0 Å². The molecule has 0 aliphatic carbocycles. The number of nitrogens with two attached hydrogens (primary N) is 1. The van der Waals surface area contributed by atoms with Gasteiger partial charge in [-0.15, -0.1) is 5.10 Å². The summed E-state index contributed by atoms with van der Waals surface area (Å²) >= 11 is 5.84. The number of aromatic nitrogens is 3. The van der Waals surface area contributed by atoms with Gasteiger partial charge in [-0.25, -0.2) is 4.68 Å². The van der Waals surface area contributed by atoms with E-state index in [0.29, 0.717) is 22.9 Å². The third-order valence-electron chi connectivity index (χ3n) is 2.67. The zero-order chi connectivity index (χ0) is 13.8. The largest absolute Gasteiger partial charge is 0.325 e. The van der Waals surface area contributed by atoms with Gasteiger partial charge in [-0.2, -0.15) is 0 Å². The molecule has 0 fully saturated rings. The van der Waals surface area contributed by atoms with Gasteiger partial charge in [0.15, 0.2) is 0 Å². The van der Waals surface area contributed by atoms with E-state index in [4.69, 9.17) is 17.3 Å². The first kappa shape index (κ1) is 13.5. The second-order valence-electron chi connectivity index (χ2n) is 4.04. The highest BCUT2D eigenvalue weighted by Crippen LogP contribution is 2.14. The monoisotopic (exact) mass is 279 g/mol. The van der Waals surface area contributed by atoms with Gasteiger partial charge >= 0.3 is 0 Å². The summed E-state index contributed by atoms with van der Waals surface area (Å²) in [6.07, 6.45) is 0. The third-order valence-corrected chi connectivity index (χ3v) is 2.91. The Balaban J connectivity index is 2.03. The summed E-state index contributed by atoms with van der Waals surface area (Å²) in [5.74, 6) is -0.196. The molecule has 19 heavy (non-hydrogen) atoms. The predicted octanol–water partition coefficient (Wildman–Crippen LogP) is 1.34. The molecule has 1 aromatic carbocycles. The topological polar surface area (TPSA) is 85.8 Å². The minimum atomic E-state index is -0.196. The minimum Gasteiger partial charge on any atom is -0.325 e. The van der Waals surface area contributed by atoms with Crippen LogP contribution in [0.25, 0.3) is 0 Å². The fourth-order valence-electron chi connectivity index (χ4n) is 1.64. The second-order valence-corrected chi connectivity index (χ2v) is 4.48. The lowest BCUT2D eigenvalue weighted by atomic mass is 10.3. The molecular formula is C12H14ClN5O. The maximum Gasteiger partial charge on any atom is 0.246 e. The van der Waals surface area contributed by atoms with E-state index in [-0.39, 0.29) is 12.5 Å². The number of hydrogen-bond donors (Lipinski definition) is 2. The van der Waals surface area contributed by atoms with E-state index in [1.165, 1.54) is 4.68 Å². The smallest absolute Gasteiger partial charge is 0.246 e. The van der Waals surface area contributed by atoms with Gasteiger partial charge in [0, 0.05) is 17.3 Å². The van der Waals surface area contributed by atoms with Crippen molar-refractivity contribution in [3.8, 4) is 0 Å². The molecule has 0 saturated heterocycles. The van der Waals surface area contributed by atoms with Crippen molar-refractivity contribution in [2.24, 2.45) is 5.73 Å². The van der Waals surface area contributed by atoms with Gasteiger partial charge in [0.25, 0.3) is 0 Å². The van der Waals surface area contributed by atoms with Crippen LogP contribution < -0.4 is 11.1 Å². The highest BCUT2D eigenvalue weighted by molar-refractivity contribution is 6.30. The third kappa shape index (κ3) is 3.30. The van der Waals surface area contributed by atoms with E-state index in [0.717, 1.165) is 5.69 Å². The molecule has 0 aliphatic heterocycles. The van der Waals surface area contributed by atoms with Crippen LogP contribution in [0.1, 0.15) is 11.4 Å². The van der Waals surface area contributed by atoms with Crippen molar-refractivity contribution in [1.29, 1.82) is 0 Å². The van der Waals surface area contributed by atoms with Crippen LogP contribution in [0.5, 0.6) is 0 Å². The first-order chi connectivity index (χ1) is 9.10. The van der Waals surface area contributed by atoms with Gasteiger partial charge in [0.1, 0.15) is 6.54 Å². The van der Waals surface area contributed by atoms with Crippen molar-refractivity contribution in [3.05, 3.63) is 40.7 Å². The molecule has 0 radical (unpaired) electrons. The van der Waals surface area contributed by atoms with E-state index in [2.05, 4.69) is 15.6 Å². The Morgan fingerprint density at radius 3 is 2.95 bits per heavy atom. The summed E-state index contributed by atoms with van der Waals surface area (Å²) in [6.45, 7) is 2.22.